The molecule has 1 aliphatic heterocycles. The van der Waals surface area contributed by atoms with Gasteiger partial charge in [0.1, 0.15) is 0 Å². The molecule has 0 bridgehead atoms. The van der Waals surface area contributed by atoms with Crippen molar-refractivity contribution in [2.75, 3.05) is 31.2 Å². The molecule has 3 N–H and O–H groups in total. The summed E-state index contributed by atoms with van der Waals surface area (Å²) in [6.45, 7) is 1.36. The van der Waals surface area contributed by atoms with E-state index in [2.05, 4.69) is 10.6 Å². The fraction of sp³-hybridized carbons (Fsp3) is 0.875. The number of aliphatic hydroxyl groups excluding tert-OH is 1. The summed E-state index contributed by atoms with van der Waals surface area (Å²) in [5.41, 5.74) is 0. The molecule has 1 amide bonds. The van der Waals surface area contributed by atoms with Crippen molar-refractivity contribution in [1.29, 1.82) is 0 Å². The Kier molecular flexibility index (Phi) is 5.19. The molecule has 1 aliphatic rings. The van der Waals surface area contributed by atoms with Crippen molar-refractivity contribution in [2.24, 2.45) is 0 Å². The molecular weight excluding hydrogens is 188 g/mol. The van der Waals surface area contributed by atoms with Gasteiger partial charge in [-0.15, -0.1) is 0 Å². The number of hydrogen-bond donors (Lipinski definition) is 3. The predicted molar refractivity (Wildman–Crippen MR) is 53.8 cm³/mol. The quantitative estimate of drug-likeness (QED) is 0.560. The van der Waals surface area contributed by atoms with Crippen molar-refractivity contribution in [1.82, 2.24) is 10.6 Å². The summed E-state index contributed by atoms with van der Waals surface area (Å²) in [5.74, 6) is 2.16. The van der Waals surface area contributed by atoms with E-state index in [0.717, 1.165) is 18.1 Å². The van der Waals surface area contributed by atoms with Crippen LogP contribution in [0.15, 0.2) is 0 Å². The van der Waals surface area contributed by atoms with Crippen LogP contribution in [-0.2, 0) is 4.79 Å². The molecular formula is C8H16N2O2S. The lowest BCUT2D eigenvalue weighted by Crippen LogP contribution is -2.41. The third-order valence-corrected chi connectivity index (χ3v) is 3.00. The second-order valence-electron chi connectivity index (χ2n) is 3.00. The van der Waals surface area contributed by atoms with E-state index in [9.17, 15) is 4.79 Å². The van der Waals surface area contributed by atoms with Gasteiger partial charge < -0.3 is 15.7 Å². The van der Waals surface area contributed by atoms with Crippen molar-refractivity contribution < 1.29 is 9.90 Å². The Balaban J connectivity index is 2.11. The molecule has 0 aromatic carbocycles. The van der Waals surface area contributed by atoms with Crippen molar-refractivity contribution in [2.45, 2.75) is 12.5 Å². The SMILES string of the molecule is O=C(CC1CSCCN1)NCCO. The molecule has 76 valence electrons. The molecule has 0 radical (unpaired) electrons. The maximum atomic E-state index is 11.2. The van der Waals surface area contributed by atoms with Gasteiger partial charge in [0, 0.05) is 37.1 Å². The zero-order valence-electron chi connectivity index (χ0n) is 7.58. The van der Waals surface area contributed by atoms with E-state index >= 15 is 0 Å². The summed E-state index contributed by atoms with van der Waals surface area (Å²) in [4.78, 5) is 11.2. The molecule has 1 fully saturated rings. The Morgan fingerprint density at radius 1 is 1.69 bits per heavy atom. The zero-order chi connectivity index (χ0) is 9.52. The lowest BCUT2D eigenvalue weighted by Gasteiger charge is -2.22. The summed E-state index contributed by atoms with van der Waals surface area (Å²) in [5, 5.41) is 14.4. The molecule has 0 spiro atoms. The van der Waals surface area contributed by atoms with Crippen LogP contribution in [0, 0.1) is 0 Å². The highest BCUT2D eigenvalue weighted by Crippen LogP contribution is 2.09. The normalized spacial score (nSPS) is 22.7. The van der Waals surface area contributed by atoms with Crippen molar-refractivity contribution >= 4 is 17.7 Å². The minimum atomic E-state index is 0.0125. The van der Waals surface area contributed by atoms with Gasteiger partial charge in [-0.25, -0.2) is 0 Å². The van der Waals surface area contributed by atoms with E-state index in [0.29, 0.717) is 19.0 Å². The van der Waals surface area contributed by atoms with E-state index in [-0.39, 0.29) is 12.5 Å². The van der Waals surface area contributed by atoms with Crippen LogP contribution < -0.4 is 10.6 Å². The number of thioether (sulfide) groups is 1. The van der Waals surface area contributed by atoms with E-state index < -0.39 is 0 Å². The average molecular weight is 204 g/mol. The van der Waals surface area contributed by atoms with Gasteiger partial charge in [0.05, 0.1) is 6.61 Å². The fourth-order valence-electron chi connectivity index (χ4n) is 1.24. The van der Waals surface area contributed by atoms with E-state index in [4.69, 9.17) is 5.11 Å². The number of amides is 1. The Labute approximate surface area is 82.5 Å². The standard InChI is InChI=1S/C8H16N2O2S/c11-3-1-10-8(12)5-7-6-13-4-2-9-7/h7,9,11H,1-6H2,(H,10,12). The van der Waals surface area contributed by atoms with Crippen LogP contribution >= 0.6 is 11.8 Å². The molecule has 0 aromatic heterocycles. The summed E-state index contributed by atoms with van der Waals surface area (Å²) < 4.78 is 0. The van der Waals surface area contributed by atoms with Gasteiger partial charge in [-0.2, -0.15) is 11.8 Å². The maximum Gasteiger partial charge on any atom is 0.221 e. The Morgan fingerprint density at radius 2 is 2.54 bits per heavy atom. The smallest absolute Gasteiger partial charge is 0.221 e. The minimum Gasteiger partial charge on any atom is -0.395 e. The van der Waals surface area contributed by atoms with Gasteiger partial charge in [-0.1, -0.05) is 0 Å². The van der Waals surface area contributed by atoms with Crippen molar-refractivity contribution in [3.8, 4) is 0 Å². The van der Waals surface area contributed by atoms with Crippen LogP contribution in [0.5, 0.6) is 0 Å². The first-order valence-electron chi connectivity index (χ1n) is 4.51. The first-order valence-corrected chi connectivity index (χ1v) is 5.67. The minimum absolute atomic E-state index is 0.0125. The van der Waals surface area contributed by atoms with Crippen LogP contribution in [-0.4, -0.2) is 48.3 Å². The lowest BCUT2D eigenvalue weighted by atomic mass is 10.2. The zero-order valence-corrected chi connectivity index (χ0v) is 8.40. The molecule has 5 heteroatoms. The molecule has 13 heavy (non-hydrogen) atoms. The summed E-state index contributed by atoms with van der Waals surface area (Å²) in [7, 11) is 0. The highest BCUT2D eigenvalue weighted by Gasteiger charge is 2.15. The monoisotopic (exact) mass is 204 g/mol. The summed E-state index contributed by atoms with van der Waals surface area (Å²) >= 11 is 1.88. The third-order valence-electron chi connectivity index (χ3n) is 1.86. The van der Waals surface area contributed by atoms with Gasteiger partial charge in [-0.3, -0.25) is 4.79 Å². The molecule has 0 aromatic rings. The summed E-state index contributed by atoms with van der Waals surface area (Å²) in [6.07, 6.45) is 0.521. The van der Waals surface area contributed by atoms with Gasteiger partial charge in [0.25, 0.3) is 0 Å². The van der Waals surface area contributed by atoms with Gasteiger partial charge in [-0.05, 0) is 0 Å². The van der Waals surface area contributed by atoms with Crippen molar-refractivity contribution in [3.63, 3.8) is 0 Å². The van der Waals surface area contributed by atoms with Crippen LogP contribution in [0.1, 0.15) is 6.42 Å². The van der Waals surface area contributed by atoms with Crippen LogP contribution in [0.3, 0.4) is 0 Å². The Morgan fingerprint density at radius 3 is 3.15 bits per heavy atom. The Hall–Kier alpha value is -0.260. The molecule has 4 nitrogen and oxygen atoms in total. The van der Waals surface area contributed by atoms with Crippen LogP contribution in [0.25, 0.3) is 0 Å². The third kappa shape index (κ3) is 4.50. The highest BCUT2D eigenvalue weighted by molar-refractivity contribution is 7.99. The number of aliphatic hydroxyl groups is 1. The molecule has 1 atom stereocenters. The number of carbonyl (C=O) groups is 1. The second-order valence-corrected chi connectivity index (χ2v) is 4.15. The largest absolute Gasteiger partial charge is 0.395 e. The molecule has 0 aliphatic carbocycles. The summed E-state index contributed by atoms with van der Waals surface area (Å²) in [6, 6.07) is 0.303. The average Bonchev–Trinajstić information content (AvgIpc) is 2.16. The molecule has 1 rings (SSSR count). The lowest BCUT2D eigenvalue weighted by molar-refractivity contribution is -0.121. The molecule has 1 unspecified atom stereocenters. The Bertz CT molecular complexity index is 160. The number of nitrogens with one attached hydrogen (secondary N) is 2. The molecule has 0 saturated carbocycles. The molecule has 1 saturated heterocycles. The number of hydrogen-bond acceptors (Lipinski definition) is 4. The second kappa shape index (κ2) is 6.23. The van der Waals surface area contributed by atoms with E-state index in [1.165, 1.54) is 0 Å². The fourth-order valence-corrected chi connectivity index (χ4v) is 2.19. The predicted octanol–water partition coefficient (Wildman–Crippen LogP) is -0.810. The van der Waals surface area contributed by atoms with Crippen LogP contribution in [0.4, 0.5) is 0 Å². The van der Waals surface area contributed by atoms with Gasteiger partial charge >= 0.3 is 0 Å². The first kappa shape index (κ1) is 10.8. The van der Waals surface area contributed by atoms with E-state index in [1.807, 2.05) is 11.8 Å². The number of carbonyl (C=O) groups excluding carboxylic acids is 1. The van der Waals surface area contributed by atoms with Crippen LogP contribution in [0.2, 0.25) is 0 Å². The number of rotatable bonds is 4. The topological polar surface area (TPSA) is 61.4 Å². The van der Waals surface area contributed by atoms with E-state index in [1.54, 1.807) is 0 Å². The molecule has 1 heterocycles. The van der Waals surface area contributed by atoms with Gasteiger partial charge in [0.2, 0.25) is 5.91 Å². The maximum absolute atomic E-state index is 11.2. The highest BCUT2D eigenvalue weighted by atomic mass is 32.2. The first-order chi connectivity index (χ1) is 6.33. The van der Waals surface area contributed by atoms with Crippen molar-refractivity contribution in [3.05, 3.63) is 0 Å². The van der Waals surface area contributed by atoms with Gasteiger partial charge in [0.15, 0.2) is 0 Å².